The molecule has 1 atom stereocenters. The molecule has 0 aliphatic rings. The van der Waals surface area contributed by atoms with E-state index < -0.39 is 10.8 Å². The smallest absolute Gasteiger partial charge is 0.236 e. The fourth-order valence-corrected chi connectivity index (χ4v) is 1.75. The van der Waals surface area contributed by atoms with Gasteiger partial charge in [-0.1, -0.05) is 18.2 Å². The fourth-order valence-electron chi connectivity index (χ4n) is 1.04. The van der Waals surface area contributed by atoms with Gasteiger partial charge in [-0.3, -0.25) is 9.00 Å². The third kappa shape index (κ3) is 4.71. The van der Waals surface area contributed by atoms with Crippen molar-refractivity contribution in [3.63, 3.8) is 0 Å². The molecule has 1 unspecified atom stereocenters. The number of benzene rings is 1. The Labute approximate surface area is 90.8 Å². The van der Waals surface area contributed by atoms with E-state index in [1.54, 1.807) is 24.3 Å². The third-order valence-electron chi connectivity index (χ3n) is 1.67. The lowest BCUT2D eigenvalue weighted by atomic mass is 10.3. The van der Waals surface area contributed by atoms with Crippen molar-refractivity contribution < 1.29 is 14.1 Å². The van der Waals surface area contributed by atoms with Gasteiger partial charge in [0.2, 0.25) is 5.91 Å². The summed E-state index contributed by atoms with van der Waals surface area (Å²) in [6.07, 6.45) is 0. The highest BCUT2D eigenvalue weighted by Crippen LogP contribution is 2.04. The van der Waals surface area contributed by atoms with Crippen molar-refractivity contribution in [3.05, 3.63) is 30.3 Å². The van der Waals surface area contributed by atoms with Crippen LogP contribution in [0.3, 0.4) is 0 Å². The van der Waals surface area contributed by atoms with Gasteiger partial charge in [0, 0.05) is 22.2 Å². The minimum Gasteiger partial charge on any atom is -0.395 e. The van der Waals surface area contributed by atoms with E-state index in [-0.39, 0.29) is 24.0 Å². The van der Waals surface area contributed by atoms with Crippen LogP contribution in [0.5, 0.6) is 0 Å². The van der Waals surface area contributed by atoms with E-state index in [1.165, 1.54) is 0 Å². The predicted octanol–water partition coefficient (Wildman–Crippen LogP) is 0.366. The van der Waals surface area contributed by atoms with Crippen LogP contribution in [-0.4, -0.2) is 33.3 Å². The van der Waals surface area contributed by atoms with Crippen molar-refractivity contribution in [2.24, 2.45) is 0 Å². The molecular formula is C10H13NO3S. The second-order valence-corrected chi connectivity index (χ2v) is 4.50. The van der Waals surface area contributed by atoms with Crippen molar-refractivity contribution in [1.82, 2.24) is 0 Å². The second kappa shape index (κ2) is 6.31. The van der Waals surface area contributed by atoms with Crippen molar-refractivity contribution in [3.8, 4) is 0 Å². The standard InChI is InChI=1S/C10H13NO3S/c12-6-7-15(14)8-10(13)11-9-4-2-1-3-5-9/h1-5,12H,6-8H2,(H,11,13). The summed E-state index contributed by atoms with van der Waals surface area (Å²) < 4.78 is 11.1. The molecule has 82 valence electrons. The monoisotopic (exact) mass is 227 g/mol. The van der Waals surface area contributed by atoms with E-state index in [2.05, 4.69) is 5.32 Å². The molecule has 1 amide bonds. The molecule has 0 aliphatic heterocycles. The first-order chi connectivity index (χ1) is 7.22. The number of anilines is 1. The Kier molecular flexibility index (Phi) is 5.00. The molecule has 2 N–H and O–H groups in total. The van der Waals surface area contributed by atoms with Gasteiger partial charge in [0.05, 0.1) is 6.61 Å². The lowest BCUT2D eigenvalue weighted by molar-refractivity contribution is -0.113. The Morgan fingerprint density at radius 1 is 1.33 bits per heavy atom. The summed E-state index contributed by atoms with van der Waals surface area (Å²) >= 11 is 0. The Morgan fingerprint density at radius 3 is 2.60 bits per heavy atom. The van der Waals surface area contributed by atoms with Crippen LogP contribution in [-0.2, 0) is 15.6 Å². The van der Waals surface area contributed by atoms with Crippen LogP contribution in [0, 0.1) is 0 Å². The highest BCUT2D eigenvalue weighted by Gasteiger charge is 2.07. The van der Waals surface area contributed by atoms with Gasteiger partial charge in [-0.15, -0.1) is 0 Å². The first kappa shape index (κ1) is 11.9. The Balaban J connectivity index is 2.40. The van der Waals surface area contributed by atoms with Gasteiger partial charge in [0.25, 0.3) is 0 Å². The maximum absolute atomic E-state index is 11.3. The highest BCUT2D eigenvalue weighted by molar-refractivity contribution is 7.85. The minimum atomic E-state index is -1.29. The topological polar surface area (TPSA) is 66.4 Å². The zero-order valence-electron chi connectivity index (χ0n) is 8.18. The molecule has 1 aromatic rings. The number of para-hydroxylation sites is 1. The van der Waals surface area contributed by atoms with Crippen molar-refractivity contribution in [2.45, 2.75) is 0 Å². The van der Waals surface area contributed by atoms with Crippen molar-refractivity contribution >= 4 is 22.4 Å². The molecule has 1 aromatic carbocycles. The lowest BCUT2D eigenvalue weighted by Gasteiger charge is -2.03. The zero-order valence-corrected chi connectivity index (χ0v) is 9.00. The van der Waals surface area contributed by atoms with Gasteiger partial charge in [-0.25, -0.2) is 0 Å². The van der Waals surface area contributed by atoms with Crippen LogP contribution in [0.2, 0.25) is 0 Å². The first-order valence-electron chi connectivity index (χ1n) is 4.53. The summed E-state index contributed by atoms with van der Waals surface area (Å²) in [5.41, 5.74) is 0.684. The van der Waals surface area contributed by atoms with Crippen LogP contribution in [0.15, 0.2) is 30.3 Å². The predicted molar refractivity (Wildman–Crippen MR) is 60.0 cm³/mol. The molecule has 0 aliphatic carbocycles. The van der Waals surface area contributed by atoms with Crippen LogP contribution >= 0.6 is 0 Å². The van der Waals surface area contributed by atoms with Gasteiger partial charge < -0.3 is 10.4 Å². The van der Waals surface area contributed by atoms with Crippen LogP contribution in [0.4, 0.5) is 5.69 Å². The number of carbonyl (C=O) groups excluding carboxylic acids is 1. The molecule has 0 fully saturated rings. The number of carbonyl (C=O) groups is 1. The van der Waals surface area contributed by atoms with Gasteiger partial charge in [0.1, 0.15) is 5.75 Å². The number of amides is 1. The fraction of sp³-hybridized carbons (Fsp3) is 0.300. The largest absolute Gasteiger partial charge is 0.395 e. The van der Waals surface area contributed by atoms with Crippen LogP contribution < -0.4 is 5.32 Å². The molecule has 0 saturated heterocycles. The molecular weight excluding hydrogens is 214 g/mol. The maximum atomic E-state index is 11.3. The minimum absolute atomic E-state index is 0.0740. The molecule has 0 spiro atoms. The maximum Gasteiger partial charge on any atom is 0.236 e. The van der Waals surface area contributed by atoms with E-state index in [4.69, 9.17) is 5.11 Å². The molecule has 0 aromatic heterocycles. The molecule has 1 rings (SSSR count). The average Bonchev–Trinajstić information content (AvgIpc) is 2.19. The molecule has 0 bridgehead atoms. The molecule has 0 radical (unpaired) electrons. The molecule has 0 saturated carbocycles. The van der Waals surface area contributed by atoms with E-state index in [9.17, 15) is 9.00 Å². The van der Waals surface area contributed by atoms with Crippen molar-refractivity contribution in [1.29, 1.82) is 0 Å². The number of aliphatic hydroxyl groups is 1. The van der Waals surface area contributed by atoms with E-state index in [0.29, 0.717) is 5.69 Å². The molecule has 4 nitrogen and oxygen atoms in total. The summed E-state index contributed by atoms with van der Waals surface area (Å²) in [5.74, 6) is -0.231. The first-order valence-corrected chi connectivity index (χ1v) is 6.02. The van der Waals surface area contributed by atoms with Crippen molar-refractivity contribution in [2.75, 3.05) is 23.4 Å². The Morgan fingerprint density at radius 2 is 2.00 bits per heavy atom. The van der Waals surface area contributed by atoms with Gasteiger partial charge >= 0.3 is 0 Å². The lowest BCUT2D eigenvalue weighted by Crippen LogP contribution is -2.21. The third-order valence-corrected chi connectivity index (χ3v) is 2.89. The SMILES string of the molecule is O=C(CS(=O)CCO)Nc1ccccc1. The quantitative estimate of drug-likeness (QED) is 0.763. The zero-order chi connectivity index (χ0) is 11.1. The highest BCUT2D eigenvalue weighted by atomic mass is 32.2. The summed E-state index contributed by atoms with van der Waals surface area (Å²) in [6.45, 7) is -0.161. The Hall–Kier alpha value is -1.20. The summed E-state index contributed by atoms with van der Waals surface area (Å²) in [4.78, 5) is 11.3. The number of hydrogen-bond donors (Lipinski definition) is 2. The van der Waals surface area contributed by atoms with Gasteiger partial charge in [-0.05, 0) is 12.1 Å². The van der Waals surface area contributed by atoms with E-state index in [1.807, 2.05) is 6.07 Å². The van der Waals surface area contributed by atoms with E-state index in [0.717, 1.165) is 0 Å². The number of hydrogen-bond acceptors (Lipinski definition) is 3. The number of aliphatic hydroxyl groups excluding tert-OH is 1. The van der Waals surface area contributed by atoms with Crippen LogP contribution in [0.25, 0.3) is 0 Å². The van der Waals surface area contributed by atoms with Gasteiger partial charge in [-0.2, -0.15) is 0 Å². The normalized spacial score (nSPS) is 12.1. The summed E-state index contributed by atoms with van der Waals surface area (Å²) in [6, 6.07) is 8.97. The summed E-state index contributed by atoms with van der Waals surface area (Å²) in [7, 11) is -1.29. The number of rotatable bonds is 5. The number of nitrogens with one attached hydrogen (secondary N) is 1. The second-order valence-electron chi connectivity index (χ2n) is 2.93. The van der Waals surface area contributed by atoms with Gasteiger partial charge in [0.15, 0.2) is 0 Å². The molecule has 0 heterocycles. The van der Waals surface area contributed by atoms with Crippen LogP contribution in [0.1, 0.15) is 0 Å². The molecule has 5 heteroatoms. The van der Waals surface area contributed by atoms with E-state index >= 15 is 0 Å². The average molecular weight is 227 g/mol. The molecule has 15 heavy (non-hydrogen) atoms. The Bertz CT molecular complexity index is 340. The summed E-state index contributed by atoms with van der Waals surface area (Å²) in [5, 5.41) is 11.1.